The first kappa shape index (κ1) is 14.6. The van der Waals surface area contributed by atoms with Gasteiger partial charge in [-0.3, -0.25) is 0 Å². The maximum absolute atomic E-state index is 13.9. The first-order valence-corrected chi connectivity index (χ1v) is 8.50. The molecular weight excluding hydrogens is 390 g/mol. The summed E-state index contributed by atoms with van der Waals surface area (Å²) < 4.78 is 16.7. The molecule has 0 aliphatic heterocycles. The number of halogens is 3. The van der Waals surface area contributed by atoms with Crippen molar-refractivity contribution in [1.29, 1.82) is 0 Å². The molecule has 1 aliphatic rings. The van der Waals surface area contributed by atoms with Crippen LogP contribution in [-0.4, -0.2) is 9.55 Å². The standard InChI is InChI=1S/C15H17ClFIN2/c1-8-3-4-10(5-8)20-14-6-11(17)12(18)7-13(14)19-15(20)9(2)16/h6-10H,3-5H2,1-2H3. The van der Waals surface area contributed by atoms with Gasteiger partial charge in [0.25, 0.3) is 0 Å². The topological polar surface area (TPSA) is 17.8 Å². The highest BCUT2D eigenvalue weighted by Crippen LogP contribution is 2.39. The highest BCUT2D eigenvalue weighted by molar-refractivity contribution is 14.1. The fraction of sp³-hybridized carbons (Fsp3) is 0.533. The number of nitrogens with zero attached hydrogens (tertiary/aromatic N) is 2. The van der Waals surface area contributed by atoms with E-state index in [0.717, 1.165) is 29.7 Å². The molecular formula is C15H17ClFIN2. The lowest BCUT2D eigenvalue weighted by Crippen LogP contribution is -2.10. The maximum atomic E-state index is 13.9. The van der Waals surface area contributed by atoms with Gasteiger partial charge in [-0.15, -0.1) is 11.6 Å². The van der Waals surface area contributed by atoms with Crippen LogP contribution in [0.4, 0.5) is 4.39 Å². The Kier molecular flexibility index (Phi) is 3.97. The van der Waals surface area contributed by atoms with Crippen molar-refractivity contribution in [2.75, 3.05) is 0 Å². The zero-order chi connectivity index (χ0) is 14.4. The normalized spacial score (nSPS) is 24.4. The summed E-state index contributed by atoms with van der Waals surface area (Å²) in [4.78, 5) is 4.64. The number of aromatic nitrogens is 2. The average Bonchev–Trinajstić information content (AvgIpc) is 2.94. The molecule has 0 spiro atoms. The SMILES string of the molecule is CC1CCC(n2c(C(C)Cl)nc3cc(I)c(F)cc32)C1. The molecule has 3 rings (SSSR count). The summed E-state index contributed by atoms with van der Waals surface area (Å²) in [6, 6.07) is 3.81. The van der Waals surface area contributed by atoms with Gasteiger partial charge in [0.2, 0.25) is 0 Å². The predicted octanol–water partition coefficient (Wildman–Crippen LogP) is 5.44. The lowest BCUT2D eigenvalue weighted by Gasteiger charge is -2.18. The molecule has 2 nitrogen and oxygen atoms in total. The predicted molar refractivity (Wildman–Crippen MR) is 88.7 cm³/mol. The number of hydrogen-bond donors (Lipinski definition) is 0. The van der Waals surface area contributed by atoms with Crippen molar-refractivity contribution in [2.45, 2.75) is 44.5 Å². The highest BCUT2D eigenvalue weighted by Gasteiger charge is 2.28. The van der Waals surface area contributed by atoms with E-state index in [1.165, 1.54) is 6.42 Å². The summed E-state index contributed by atoms with van der Waals surface area (Å²) in [7, 11) is 0. The second-order valence-corrected chi connectivity index (χ2v) is 7.60. The average molecular weight is 407 g/mol. The maximum Gasteiger partial charge on any atom is 0.138 e. The molecule has 0 bridgehead atoms. The van der Waals surface area contributed by atoms with Crippen molar-refractivity contribution in [1.82, 2.24) is 9.55 Å². The summed E-state index contributed by atoms with van der Waals surface area (Å²) in [6.07, 6.45) is 3.46. The highest BCUT2D eigenvalue weighted by atomic mass is 127. The number of fused-ring (bicyclic) bond motifs is 1. The van der Waals surface area contributed by atoms with Crippen LogP contribution >= 0.6 is 34.2 Å². The van der Waals surface area contributed by atoms with Gasteiger partial charge >= 0.3 is 0 Å². The van der Waals surface area contributed by atoms with E-state index in [2.05, 4.69) is 16.5 Å². The molecule has 1 heterocycles. The van der Waals surface area contributed by atoms with E-state index >= 15 is 0 Å². The number of benzene rings is 1. The zero-order valence-corrected chi connectivity index (χ0v) is 14.4. The van der Waals surface area contributed by atoms with Crippen LogP contribution in [0.25, 0.3) is 11.0 Å². The third-order valence-corrected chi connectivity index (χ3v) is 5.17. The van der Waals surface area contributed by atoms with Crippen molar-refractivity contribution in [2.24, 2.45) is 5.92 Å². The molecule has 1 saturated carbocycles. The Morgan fingerprint density at radius 3 is 2.80 bits per heavy atom. The van der Waals surface area contributed by atoms with E-state index in [9.17, 15) is 4.39 Å². The van der Waals surface area contributed by atoms with Crippen LogP contribution in [-0.2, 0) is 0 Å². The fourth-order valence-electron chi connectivity index (χ4n) is 3.18. The van der Waals surface area contributed by atoms with Crippen molar-refractivity contribution >= 4 is 45.2 Å². The summed E-state index contributed by atoms with van der Waals surface area (Å²) in [6.45, 7) is 4.20. The smallest absolute Gasteiger partial charge is 0.138 e. The second kappa shape index (κ2) is 5.44. The Bertz CT molecular complexity index is 653. The number of imidazole rings is 1. The quantitative estimate of drug-likeness (QED) is 0.479. The Morgan fingerprint density at radius 1 is 1.45 bits per heavy atom. The van der Waals surface area contributed by atoms with Gasteiger partial charge in [-0.25, -0.2) is 9.37 Å². The Balaban J connectivity index is 2.21. The molecule has 0 N–H and O–H groups in total. The van der Waals surface area contributed by atoms with Gasteiger partial charge in [0.15, 0.2) is 0 Å². The van der Waals surface area contributed by atoms with E-state index in [1.54, 1.807) is 6.07 Å². The largest absolute Gasteiger partial charge is 0.324 e. The van der Waals surface area contributed by atoms with E-state index in [1.807, 2.05) is 35.6 Å². The van der Waals surface area contributed by atoms with Crippen LogP contribution in [0.15, 0.2) is 12.1 Å². The lowest BCUT2D eigenvalue weighted by molar-refractivity contribution is 0.487. The van der Waals surface area contributed by atoms with Crippen LogP contribution in [0, 0.1) is 15.3 Å². The van der Waals surface area contributed by atoms with Crippen molar-refractivity contribution < 1.29 is 4.39 Å². The number of hydrogen-bond acceptors (Lipinski definition) is 1. The van der Waals surface area contributed by atoms with E-state index < -0.39 is 0 Å². The Morgan fingerprint density at radius 2 is 2.20 bits per heavy atom. The zero-order valence-electron chi connectivity index (χ0n) is 11.5. The van der Waals surface area contributed by atoms with Crippen LogP contribution < -0.4 is 0 Å². The summed E-state index contributed by atoms with van der Waals surface area (Å²) in [5.74, 6) is 1.39. The van der Waals surface area contributed by atoms with Crippen LogP contribution in [0.1, 0.15) is 50.4 Å². The second-order valence-electron chi connectivity index (χ2n) is 5.78. The van der Waals surface area contributed by atoms with Crippen molar-refractivity contribution in [3.8, 4) is 0 Å². The molecule has 0 amide bonds. The molecule has 0 radical (unpaired) electrons. The molecule has 0 saturated heterocycles. The molecule has 1 aliphatic carbocycles. The fourth-order valence-corrected chi connectivity index (χ4v) is 3.79. The third-order valence-electron chi connectivity index (χ3n) is 4.15. The van der Waals surface area contributed by atoms with Crippen LogP contribution in [0.3, 0.4) is 0 Å². The summed E-state index contributed by atoms with van der Waals surface area (Å²) in [5, 5.41) is -0.168. The molecule has 20 heavy (non-hydrogen) atoms. The Labute approximate surface area is 136 Å². The number of alkyl halides is 1. The summed E-state index contributed by atoms with van der Waals surface area (Å²) in [5.41, 5.74) is 1.72. The minimum absolute atomic E-state index is 0.168. The first-order chi connectivity index (χ1) is 9.47. The van der Waals surface area contributed by atoms with E-state index in [0.29, 0.717) is 15.5 Å². The van der Waals surface area contributed by atoms with Gasteiger partial charge < -0.3 is 4.57 Å². The minimum atomic E-state index is -0.181. The van der Waals surface area contributed by atoms with Gasteiger partial charge in [0.1, 0.15) is 11.6 Å². The molecule has 2 aromatic rings. The van der Waals surface area contributed by atoms with E-state index in [-0.39, 0.29) is 11.2 Å². The molecule has 5 heteroatoms. The van der Waals surface area contributed by atoms with Crippen LogP contribution in [0.2, 0.25) is 0 Å². The molecule has 1 fully saturated rings. The summed E-state index contributed by atoms with van der Waals surface area (Å²) >= 11 is 8.30. The molecule has 3 atom stereocenters. The molecule has 1 aromatic carbocycles. The molecule has 3 unspecified atom stereocenters. The minimum Gasteiger partial charge on any atom is -0.324 e. The Hall–Kier alpha value is -0.360. The number of rotatable bonds is 2. The third kappa shape index (κ3) is 2.45. The van der Waals surface area contributed by atoms with Gasteiger partial charge in [-0.05, 0) is 60.8 Å². The molecule has 108 valence electrons. The van der Waals surface area contributed by atoms with Crippen molar-refractivity contribution in [3.63, 3.8) is 0 Å². The van der Waals surface area contributed by atoms with Crippen LogP contribution in [0.5, 0.6) is 0 Å². The molecule has 1 aromatic heterocycles. The first-order valence-electron chi connectivity index (χ1n) is 6.98. The lowest BCUT2D eigenvalue weighted by atomic mass is 10.1. The van der Waals surface area contributed by atoms with Gasteiger partial charge in [-0.1, -0.05) is 6.92 Å². The van der Waals surface area contributed by atoms with E-state index in [4.69, 9.17) is 11.6 Å². The van der Waals surface area contributed by atoms with Gasteiger partial charge in [0, 0.05) is 12.1 Å². The van der Waals surface area contributed by atoms with Gasteiger partial charge in [-0.2, -0.15) is 0 Å². The van der Waals surface area contributed by atoms with Gasteiger partial charge in [0.05, 0.1) is 20.0 Å². The monoisotopic (exact) mass is 406 g/mol. The van der Waals surface area contributed by atoms with Crippen molar-refractivity contribution in [3.05, 3.63) is 27.3 Å².